The zero-order valence-electron chi connectivity index (χ0n) is 13.6. The summed E-state index contributed by atoms with van der Waals surface area (Å²) >= 11 is 1.87. The van der Waals surface area contributed by atoms with Gasteiger partial charge in [-0.3, -0.25) is 4.90 Å². The van der Waals surface area contributed by atoms with Gasteiger partial charge in [0.25, 0.3) is 0 Å². The summed E-state index contributed by atoms with van der Waals surface area (Å²) in [5, 5.41) is 5.71. The summed E-state index contributed by atoms with van der Waals surface area (Å²) in [6.07, 6.45) is 1.23. The molecule has 1 aromatic carbocycles. The molecule has 0 amide bonds. The van der Waals surface area contributed by atoms with Crippen LogP contribution < -0.4 is 5.32 Å². The fraction of sp³-hybridized carbons (Fsp3) is 0.474. The minimum atomic E-state index is 0.404. The Labute approximate surface area is 138 Å². The molecule has 3 rings (SSSR count). The lowest BCUT2D eigenvalue weighted by atomic mass is 9.97. The highest BCUT2D eigenvalue weighted by Gasteiger charge is 2.23. The molecule has 2 heterocycles. The molecule has 1 atom stereocenters. The average molecular weight is 314 g/mol. The Hall–Kier alpha value is -1.16. The standard InChI is InChI=1S/C19H26N2S/c1-15(2)16-6-8-17(9-7-16)19(18-5-3-14-22-18)21-12-4-10-20-11-13-21/h3,5-9,14-15,19-20H,4,10-13H2,1-2H3. The number of hydrogen-bond donors (Lipinski definition) is 1. The van der Waals surface area contributed by atoms with E-state index in [1.165, 1.54) is 29.0 Å². The van der Waals surface area contributed by atoms with Crippen LogP contribution in [0.3, 0.4) is 0 Å². The minimum absolute atomic E-state index is 0.404. The van der Waals surface area contributed by atoms with Crippen LogP contribution in [-0.2, 0) is 0 Å². The quantitative estimate of drug-likeness (QED) is 0.907. The maximum absolute atomic E-state index is 3.51. The fourth-order valence-corrected chi connectivity index (χ4v) is 4.08. The van der Waals surface area contributed by atoms with Crippen LogP contribution in [-0.4, -0.2) is 31.1 Å². The number of rotatable bonds is 4. The van der Waals surface area contributed by atoms with E-state index in [2.05, 4.69) is 65.8 Å². The van der Waals surface area contributed by atoms with Crippen LogP contribution in [0.4, 0.5) is 0 Å². The number of nitrogens with one attached hydrogen (secondary N) is 1. The first-order valence-corrected chi connectivity index (χ1v) is 9.21. The van der Waals surface area contributed by atoms with Crippen molar-refractivity contribution in [2.45, 2.75) is 32.2 Å². The van der Waals surface area contributed by atoms with Crippen LogP contribution in [0.25, 0.3) is 0 Å². The van der Waals surface area contributed by atoms with Crippen molar-refractivity contribution < 1.29 is 0 Å². The Kier molecular flexibility index (Phi) is 5.29. The van der Waals surface area contributed by atoms with Gasteiger partial charge < -0.3 is 5.32 Å². The lowest BCUT2D eigenvalue weighted by molar-refractivity contribution is 0.244. The Balaban J connectivity index is 1.90. The third-order valence-corrected chi connectivity index (χ3v) is 5.40. The molecule has 1 unspecified atom stereocenters. The van der Waals surface area contributed by atoms with Gasteiger partial charge in [0, 0.05) is 24.5 Å². The lowest BCUT2D eigenvalue weighted by Gasteiger charge is -2.30. The molecule has 1 fully saturated rings. The Morgan fingerprint density at radius 3 is 2.45 bits per heavy atom. The second-order valence-corrected chi connectivity index (χ2v) is 7.36. The van der Waals surface area contributed by atoms with E-state index in [-0.39, 0.29) is 0 Å². The van der Waals surface area contributed by atoms with E-state index in [4.69, 9.17) is 0 Å². The monoisotopic (exact) mass is 314 g/mol. The predicted molar refractivity (Wildman–Crippen MR) is 95.8 cm³/mol. The van der Waals surface area contributed by atoms with Crippen molar-refractivity contribution in [3.05, 3.63) is 57.8 Å². The van der Waals surface area contributed by atoms with Crippen molar-refractivity contribution >= 4 is 11.3 Å². The molecule has 2 nitrogen and oxygen atoms in total. The zero-order chi connectivity index (χ0) is 15.4. The fourth-order valence-electron chi connectivity index (χ4n) is 3.19. The number of nitrogens with zero attached hydrogens (tertiary/aromatic N) is 1. The summed E-state index contributed by atoms with van der Waals surface area (Å²) < 4.78 is 0. The van der Waals surface area contributed by atoms with Crippen LogP contribution >= 0.6 is 11.3 Å². The van der Waals surface area contributed by atoms with Crippen molar-refractivity contribution in [3.63, 3.8) is 0 Å². The maximum atomic E-state index is 3.51. The van der Waals surface area contributed by atoms with Crippen LogP contribution in [0, 0.1) is 0 Å². The summed E-state index contributed by atoms with van der Waals surface area (Å²) in [7, 11) is 0. The van der Waals surface area contributed by atoms with Gasteiger partial charge in [0.15, 0.2) is 0 Å². The molecule has 1 aliphatic heterocycles. The summed E-state index contributed by atoms with van der Waals surface area (Å²) in [5.41, 5.74) is 2.85. The molecule has 1 aromatic heterocycles. The molecule has 0 spiro atoms. The highest BCUT2D eigenvalue weighted by atomic mass is 32.1. The van der Waals surface area contributed by atoms with E-state index >= 15 is 0 Å². The van der Waals surface area contributed by atoms with Crippen LogP contribution in [0.15, 0.2) is 41.8 Å². The van der Waals surface area contributed by atoms with Crippen molar-refractivity contribution in [2.24, 2.45) is 0 Å². The highest BCUT2D eigenvalue weighted by Crippen LogP contribution is 2.32. The summed E-state index contributed by atoms with van der Waals surface area (Å²) in [5.74, 6) is 0.594. The Bertz CT molecular complexity index is 552. The first kappa shape index (κ1) is 15.7. The molecule has 1 N–H and O–H groups in total. The Morgan fingerprint density at radius 2 is 1.77 bits per heavy atom. The second-order valence-electron chi connectivity index (χ2n) is 6.38. The van der Waals surface area contributed by atoms with E-state index in [1.807, 2.05) is 11.3 Å². The van der Waals surface area contributed by atoms with Crippen molar-refractivity contribution in [1.29, 1.82) is 0 Å². The largest absolute Gasteiger partial charge is 0.315 e. The third kappa shape index (κ3) is 3.60. The predicted octanol–water partition coefficient (Wildman–Crippen LogP) is 4.26. The van der Waals surface area contributed by atoms with E-state index in [0.717, 1.165) is 19.6 Å². The smallest absolute Gasteiger partial charge is 0.0696 e. The van der Waals surface area contributed by atoms with E-state index in [1.54, 1.807) is 0 Å². The number of benzene rings is 1. The van der Waals surface area contributed by atoms with E-state index < -0.39 is 0 Å². The molecule has 118 valence electrons. The second kappa shape index (κ2) is 7.40. The highest BCUT2D eigenvalue weighted by molar-refractivity contribution is 7.10. The SMILES string of the molecule is CC(C)c1ccc(C(c2cccs2)N2CCCNCC2)cc1. The topological polar surface area (TPSA) is 15.3 Å². The molecule has 0 aliphatic carbocycles. The van der Waals surface area contributed by atoms with Gasteiger partial charge in [-0.15, -0.1) is 11.3 Å². The van der Waals surface area contributed by atoms with Gasteiger partial charge in [-0.2, -0.15) is 0 Å². The summed E-state index contributed by atoms with van der Waals surface area (Å²) in [4.78, 5) is 4.09. The first-order valence-electron chi connectivity index (χ1n) is 8.34. The molecule has 1 saturated heterocycles. The van der Waals surface area contributed by atoms with Crippen molar-refractivity contribution in [2.75, 3.05) is 26.2 Å². The summed E-state index contributed by atoms with van der Waals surface area (Å²) in [6, 6.07) is 14.1. The van der Waals surface area contributed by atoms with Gasteiger partial charge in [-0.05, 0) is 41.5 Å². The molecule has 1 aliphatic rings. The van der Waals surface area contributed by atoms with Crippen molar-refractivity contribution in [1.82, 2.24) is 10.2 Å². The van der Waals surface area contributed by atoms with Gasteiger partial charge in [0.05, 0.1) is 6.04 Å². The number of thiophene rings is 1. The van der Waals surface area contributed by atoms with Crippen LogP contribution in [0.2, 0.25) is 0 Å². The molecular formula is C19H26N2S. The van der Waals surface area contributed by atoms with Gasteiger partial charge in [-0.25, -0.2) is 0 Å². The van der Waals surface area contributed by atoms with Crippen LogP contribution in [0.1, 0.15) is 48.2 Å². The third-order valence-electron chi connectivity index (χ3n) is 4.47. The molecule has 22 heavy (non-hydrogen) atoms. The molecule has 0 saturated carbocycles. The zero-order valence-corrected chi connectivity index (χ0v) is 14.4. The van der Waals surface area contributed by atoms with E-state index in [9.17, 15) is 0 Å². The average Bonchev–Trinajstić information content (AvgIpc) is 2.91. The summed E-state index contributed by atoms with van der Waals surface area (Å²) in [6.45, 7) is 9.03. The molecule has 3 heteroatoms. The molecule has 0 bridgehead atoms. The maximum Gasteiger partial charge on any atom is 0.0696 e. The first-order chi connectivity index (χ1) is 10.8. The molecular weight excluding hydrogens is 288 g/mol. The molecule has 0 radical (unpaired) electrons. The van der Waals surface area contributed by atoms with Gasteiger partial charge in [0.1, 0.15) is 0 Å². The lowest BCUT2D eigenvalue weighted by Crippen LogP contribution is -2.32. The Morgan fingerprint density at radius 1 is 1.00 bits per heavy atom. The van der Waals surface area contributed by atoms with Crippen LogP contribution in [0.5, 0.6) is 0 Å². The normalized spacial score (nSPS) is 18.3. The van der Waals surface area contributed by atoms with Crippen molar-refractivity contribution in [3.8, 4) is 0 Å². The van der Waals surface area contributed by atoms with Gasteiger partial charge >= 0.3 is 0 Å². The van der Waals surface area contributed by atoms with Gasteiger partial charge in [-0.1, -0.05) is 44.2 Å². The number of hydrogen-bond acceptors (Lipinski definition) is 3. The minimum Gasteiger partial charge on any atom is -0.315 e. The molecule has 2 aromatic rings. The van der Waals surface area contributed by atoms with E-state index in [0.29, 0.717) is 12.0 Å². The van der Waals surface area contributed by atoms with Gasteiger partial charge in [0.2, 0.25) is 0 Å².